The maximum atomic E-state index is 16.2. The second-order valence-corrected chi connectivity index (χ2v) is 12.0. The lowest BCUT2D eigenvalue weighted by Crippen LogP contribution is -2.36. The molecule has 230 valence electrons. The zero-order chi connectivity index (χ0) is 31.8. The molecule has 44 heavy (non-hydrogen) atoms. The van der Waals surface area contributed by atoms with Crippen molar-refractivity contribution in [1.82, 2.24) is 4.98 Å². The van der Waals surface area contributed by atoms with Crippen molar-refractivity contribution in [2.45, 2.75) is 67.0 Å². The predicted molar refractivity (Wildman–Crippen MR) is 166 cm³/mol. The van der Waals surface area contributed by atoms with Crippen LogP contribution in [0.2, 0.25) is 0 Å². The first-order valence-corrected chi connectivity index (χ1v) is 14.6. The highest BCUT2D eigenvalue weighted by molar-refractivity contribution is 6.09. The van der Waals surface area contributed by atoms with Crippen LogP contribution in [-0.2, 0) is 6.61 Å². The van der Waals surface area contributed by atoms with Crippen LogP contribution < -0.4 is 15.0 Å². The monoisotopic (exact) mass is 601 g/mol. The number of aryl methyl sites for hydroxylation is 2. The first kappa shape index (κ1) is 30.8. The van der Waals surface area contributed by atoms with E-state index in [0.29, 0.717) is 40.6 Å². The molecular formula is C35H37F2N3O4. The van der Waals surface area contributed by atoms with Gasteiger partial charge >= 0.3 is 0 Å². The number of carbonyl (C=O) groups is 1. The summed E-state index contributed by atoms with van der Waals surface area (Å²) in [5, 5.41) is 14.4. The Morgan fingerprint density at radius 3 is 2.50 bits per heavy atom. The van der Waals surface area contributed by atoms with Gasteiger partial charge in [-0.05, 0) is 73.2 Å². The molecule has 0 saturated carbocycles. The number of hydrogen-bond acceptors (Lipinski definition) is 6. The Hall–Kier alpha value is -4.66. The van der Waals surface area contributed by atoms with Gasteiger partial charge in [-0.2, -0.15) is 0 Å². The number of anilines is 2. The Morgan fingerprint density at radius 2 is 1.84 bits per heavy atom. The zero-order valence-corrected chi connectivity index (χ0v) is 25.8. The van der Waals surface area contributed by atoms with Crippen LogP contribution in [0.1, 0.15) is 79.8 Å². The third kappa shape index (κ3) is 6.18. The highest BCUT2D eigenvalue weighted by atomic mass is 19.1. The van der Waals surface area contributed by atoms with Crippen LogP contribution in [-0.4, -0.2) is 16.0 Å². The van der Waals surface area contributed by atoms with Gasteiger partial charge < -0.3 is 19.6 Å². The molecule has 5 rings (SSSR count). The third-order valence-electron chi connectivity index (χ3n) is 8.20. The number of para-hydroxylation sites is 1. The van der Waals surface area contributed by atoms with Gasteiger partial charge in [-0.3, -0.25) is 9.69 Å². The van der Waals surface area contributed by atoms with Gasteiger partial charge in [0.25, 0.3) is 5.91 Å². The molecular weight excluding hydrogens is 564 g/mol. The molecule has 7 nitrogen and oxygen atoms in total. The van der Waals surface area contributed by atoms with E-state index >= 15 is 4.39 Å². The van der Waals surface area contributed by atoms with E-state index in [1.165, 1.54) is 23.1 Å². The first-order chi connectivity index (χ1) is 20.9. The number of rotatable bonds is 8. The molecule has 0 radical (unpaired) electrons. The van der Waals surface area contributed by atoms with Crippen molar-refractivity contribution >= 4 is 17.3 Å². The molecule has 4 aromatic rings. The minimum Gasteiger partial charge on any atom is -0.506 e. The average molecular weight is 602 g/mol. The smallest absolute Gasteiger partial charge is 0.281 e. The molecule has 3 aromatic carbocycles. The number of phenolic OH excluding ortho intramolecular Hbond substituents is 1. The number of nitrogens with one attached hydrogen (secondary N) is 1. The Labute approximate surface area is 256 Å². The molecule has 0 aliphatic carbocycles. The maximum absolute atomic E-state index is 16.2. The summed E-state index contributed by atoms with van der Waals surface area (Å²) in [6, 6.07) is 14.5. The lowest BCUT2D eigenvalue weighted by molar-refractivity contribution is 0.0974. The predicted octanol–water partition coefficient (Wildman–Crippen LogP) is 8.77. The van der Waals surface area contributed by atoms with Gasteiger partial charge in [0.2, 0.25) is 0 Å². The van der Waals surface area contributed by atoms with E-state index in [4.69, 9.17) is 9.15 Å². The second-order valence-electron chi connectivity index (χ2n) is 12.0. The number of oxazole rings is 1. The fourth-order valence-corrected chi connectivity index (χ4v) is 5.44. The molecule has 1 unspecified atom stereocenters. The number of allylic oxidation sites excluding steroid dienone is 1. The van der Waals surface area contributed by atoms with Gasteiger partial charge in [0, 0.05) is 24.3 Å². The number of nitrogens with zero attached hydrogens (tertiary/aromatic N) is 2. The van der Waals surface area contributed by atoms with E-state index in [9.17, 15) is 14.3 Å². The van der Waals surface area contributed by atoms with Gasteiger partial charge in [-0.1, -0.05) is 45.4 Å². The first-order valence-electron chi connectivity index (χ1n) is 14.6. The number of fused-ring (bicyclic) bond motifs is 1. The molecule has 2 heterocycles. The Kier molecular flexibility index (Phi) is 8.50. The van der Waals surface area contributed by atoms with Crippen molar-refractivity contribution in [3.8, 4) is 11.5 Å². The fraction of sp³-hybridized carbons (Fsp3) is 0.314. The zero-order valence-electron chi connectivity index (χ0n) is 25.8. The molecule has 0 bridgehead atoms. The van der Waals surface area contributed by atoms with Crippen LogP contribution in [0.4, 0.5) is 20.2 Å². The minimum absolute atomic E-state index is 0.0461. The molecule has 2 N–H and O–H groups in total. The summed E-state index contributed by atoms with van der Waals surface area (Å²) in [6.07, 6.45) is 1.45. The summed E-state index contributed by atoms with van der Waals surface area (Å²) in [7, 11) is 0. The van der Waals surface area contributed by atoms with Gasteiger partial charge in [-0.25, -0.2) is 13.8 Å². The van der Waals surface area contributed by atoms with Gasteiger partial charge in [0.15, 0.2) is 11.6 Å². The largest absolute Gasteiger partial charge is 0.506 e. The molecule has 1 amide bonds. The Bertz CT molecular complexity index is 1740. The number of phenols is 1. The topological polar surface area (TPSA) is 87.8 Å². The van der Waals surface area contributed by atoms with E-state index in [1.54, 1.807) is 56.3 Å². The number of halogens is 2. The molecule has 9 heteroatoms. The number of carbonyl (C=O) groups excluding carboxylic acids is 1. The molecule has 0 spiro atoms. The van der Waals surface area contributed by atoms with Crippen molar-refractivity contribution in [2.75, 3.05) is 10.2 Å². The number of amides is 1. The summed E-state index contributed by atoms with van der Waals surface area (Å²) >= 11 is 0. The quantitative estimate of drug-likeness (QED) is 0.196. The Balaban J connectivity index is 1.66. The van der Waals surface area contributed by atoms with E-state index < -0.39 is 17.8 Å². The van der Waals surface area contributed by atoms with E-state index in [1.807, 2.05) is 6.92 Å². The van der Waals surface area contributed by atoms with Gasteiger partial charge in [0.05, 0.1) is 11.7 Å². The SMILES string of the molecule is CCC(C)(C)CC1=C(C)C(c2ccc(OCc3cccc(F)c3)cc2F)N(C(=O)c2nc(C)oc2C)c2cccc(O)c2N1. The number of benzene rings is 3. The molecule has 1 aliphatic heterocycles. The molecule has 0 fully saturated rings. The van der Waals surface area contributed by atoms with Crippen LogP contribution in [0.5, 0.6) is 11.5 Å². The van der Waals surface area contributed by atoms with Gasteiger partial charge in [0.1, 0.15) is 41.2 Å². The van der Waals surface area contributed by atoms with Crippen LogP contribution in [0, 0.1) is 30.9 Å². The molecule has 1 atom stereocenters. The second kappa shape index (κ2) is 12.1. The standard InChI is InChI=1S/C35H37F2N3O4/c1-7-35(5,6)18-28-20(2)33(26-15-14-25(17-27(26)37)43-19-23-10-8-11-24(36)16-23)40(29-12-9-13-30(41)32(29)39-28)34(42)31-21(3)44-22(4)38-31/h8-17,33,39,41H,7,18-19H2,1-6H3. The van der Waals surface area contributed by atoms with E-state index in [2.05, 4.69) is 31.1 Å². The van der Waals surface area contributed by atoms with Crippen LogP contribution in [0.3, 0.4) is 0 Å². The number of hydrogen-bond donors (Lipinski definition) is 2. The summed E-state index contributed by atoms with van der Waals surface area (Å²) in [6.45, 7) is 11.6. The third-order valence-corrected chi connectivity index (χ3v) is 8.20. The lowest BCUT2D eigenvalue weighted by atomic mass is 9.83. The van der Waals surface area contributed by atoms with Crippen molar-refractivity contribution in [3.05, 3.63) is 112 Å². The van der Waals surface area contributed by atoms with Crippen molar-refractivity contribution < 1.29 is 27.8 Å². The number of aromatic hydroxyl groups is 1. The van der Waals surface area contributed by atoms with E-state index in [0.717, 1.165) is 12.1 Å². The summed E-state index contributed by atoms with van der Waals surface area (Å²) in [5.41, 5.74) is 3.01. The number of aromatic nitrogens is 1. The van der Waals surface area contributed by atoms with Crippen LogP contribution >= 0.6 is 0 Å². The van der Waals surface area contributed by atoms with Crippen molar-refractivity contribution in [1.29, 1.82) is 0 Å². The lowest BCUT2D eigenvalue weighted by Gasteiger charge is -2.33. The molecule has 0 saturated heterocycles. The number of ether oxygens (including phenoxy) is 1. The highest BCUT2D eigenvalue weighted by Crippen LogP contribution is 2.48. The highest BCUT2D eigenvalue weighted by Gasteiger charge is 2.39. The maximum Gasteiger partial charge on any atom is 0.281 e. The molecule has 1 aromatic heterocycles. The minimum atomic E-state index is -0.908. The molecule has 1 aliphatic rings. The van der Waals surface area contributed by atoms with E-state index in [-0.39, 0.29) is 40.6 Å². The normalized spacial score (nSPS) is 15.1. The summed E-state index contributed by atoms with van der Waals surface area (Å²) < 4.78 is 41.3. The Morgan fingerprint density at radius 1 is 1.09 bits per heavy atom. The summed E-state index contributed by atoms with van der Waals surface area (Å²) in [5.74, 6) is -0.595. The van der Waals surface area contributed by atoms with Crippen LogP contribution in [0.25, 0.3) is 0 Å². The van der Waals surface area contributed by atoms with Crippen molar-refractivity contribution in [2.24, 2.45) is 5.41 Å². The summed E-state index contributed by atoms with van der Waals surface area (Å²) in [4.78, 5) is 20.2. The van der Waals surface area contributed by atoms with Crippen LogP contribution in [0.15, 0.2) is 76.4 Å². The average Bonchev–Trinajstić information content (AvgIpc) is 3.26. The van der Waals surface area contributed by atoms with Gasteiger partial charge in [-0.15, -0.1) is 0 Å². The fourth-order valence-electron chi connectivity index (χ4n) is 5.44. The van der Waals surface area contributed by atoms with Crippen molar-refractivity contribution in [3.63, 3.8) is 0 Å².